The van der Waals surface area contributed by atoms with Crippen LogP contribution in [-0.4, -0.2) is 37.7 Å². The van der Waals surface area contributed by atoms with Crippen LogP contribution in [0.1, 0.15) is 39.0 Å². The maximum atomic E-state index is 11.7. The van der Waals surface area contributed by atoms with Crippen molar-refractivity contribution in [3.8, 4) is 0 Å². The van der Waals surface area contributed by atoms with Crippen LogP contribution in [0.2, 0.25) is 0 Å². The third kappa shape index (κ3) is 1.71. The third-order valence-electron chi connectivity index (χ3n) is 5.30. The van der Waals surface area contributed by atoms with E-state index in [1.165, 1.54) is 7.11 Å². The van der Waals surface area contributed by atoms with Gasteiger partial charge < -0.3 is 18.9 Å². The second-order valence-electron chi connectivity index (χ2n) is 6.03. The molecule has 0 aromatic rings. The lowest BCUT2D eigenvalue weighted by molar-refractivity contribution is -0.458. The Kier molecular flexibility index (Phi) is 3.25. The minimum atomic E-state index is -0.961. The van der Waals surface area contributed by atoms with Gasteiger partial charge >= 0.3 is 5.97 Å². The van der Waals surface area contributed by atoms with Crippen molar-refractivity contribution in [3.63, 3.8) is 0 Å². The van der Waals surface area contributed by atoms with Crippen LogP contribution in [0.25, 0.3) is 0 Å². The first kappa shape index (κ1) is 13.8. The van der Waals surface area contributed by atoms with Gasteiger partial charge in [-0.05, 0) is 18.8 Å². The van der Waals surface area contributed by atoms with Crippen LogP contribution >= 0.6 is 0 Å². The van der Waals surface area contributed by atoms with Crippen LogP contribution in [0.4, 0.5) is 0 Å². The van der Waals surface area contributed by atoms with Crippen molar-refractivity contribution in [2.24, 2.45) is 11.3 Å². The van der Waals surface area contributed by atoms with Crippen LogP contribution in [0.3, 0.4) is 0 Å². The number of esters is 1. The molecule has 1 aliphatic carbocycles. The zero-order valence-electron chi connectivity index (χ0n) is 11.8. The summed E-state index contributed by atoms with van der Waals surface area (Å²) >= 11 is 0. The van der Waals surface area contributed by atoms with Gasteiger partial charge in [0.1, 0.15) is 0 Å². The van der Waals surface area contributed by atoms with Crippen LogP contribution in [-0.2, 0) is 28.5 Å². The average Bonchev–Trinajstić information content (AvgIpc) is 2.40. The number of rotatable bonds is 4. The molecule has 0 amide bonds. The van der Waals surface area contributed by atoms with Crippen molar-refractivity contribution in [2.75, 3.05) is 7.11 Å². The van der Waals surface area contributed by atoms with E-state index in [0.29, 0.717) is 25.7 Å². The molecule has 3 aliphatic heterocycles. The van der Waals surface area contributed by atoms with E-state index in [2.05, 4.69) is 0 Å². The van der Waals surface area contributed by atoms with Gasteiger partial charge in [-0.25, -0.2) is 0 Å². The minimum absolute atomic E-state index is 0.0349. The Labute approximate surface area is 117 Å². The highest BCUT2D eigenvalue weighted by molar-refractivity contribution is 5.69. The summed E-state index contributed by atoms with van der Waals surface area (Å²) in [6.07, 6.45) is 2.91. The number of hydrogen-bond acceptors (Lipinski definition) is 6. The topological polar surface area (TPSA) is 71.1 Å². The maximum absolute atomic E-state index is 11.7. The minimum Gasteiger partial charge on any atom is -0.469 e. The first-order chi connectivity index (χ1) is 9.55. The van der Waals surface area contributed by atoms with E-state index in [1.54, 1.807) is 0 Å². The van der Waals surface area contributed by atoms with E-state index in [-0.39, 0.29) is 18.0 Å². The van der Waals surface area contributed by atoms with Crippen LogP contribution in [0.5, 0.6) is 0 Å². The smallest absolute Gasteiger partial charge is 0.305 e. The molecule has 4 rings (SSSR count). The summed E-state index contributed by atoms with van der Waals surface area (Å²) in [7, 11) is 1.39. The highest BCUT2D eigenvalue weighted by Crippen LogP contribution is 2.62. The molecule has 0 unspecified atom stereocenters. The molecule has 0 radical (unpaired) electrons. The normalized spacial score (nSPS) is 45.8. The Bertz CT molecular complexity index is 424. The molecule has 3 saturated heterocycles. The van der Waals surface area contributed by atoms with Crippen molar-refractivity contribution in [1.29, 1.82) is 0 Å². The van der Waals surface area contributed by atoms with Crippen molar-refractivity contribution >= 4 is 12.4 Å². The van der Waals surface area contributed by atoms with Gasteiger partial charge in [-0.1, -0.05) is 6.92 Å². The van der Waals surface area contributed by atoms with Crippen LogP contribution < -0.4 is 0 Å². The maximum Gasteiger partial charge on any atom is 0.305 e. The summed E-state index contributed by atoms with van der Waals surface area (Å²) in [6.45, 7) is 2.45. The lowest BCUT2D eigenvalue weighted by Crippen LogP contribution is -2.72. The molecule has 1 saturated carbocycles. The quantitative estimate of drug-likeness (QED) is 0.573. The average molecular weight is 284 g/mol. The largest absolute Gasteiger partial charge is 0.469 e. The molecular formula is C14H20O6. The number of fused-ring (bicyclic) bond motifs is 1. The number of carbonyl (C=O) groups excluding carboxylic acids is 2. The van der Waals surface area contributed by atoms with Crippen molar-refractivity contribution < 1.29 is 28.5 Å². The molecule has 20 heavy (non-hydrogen) atoms. The molecule has 0 spiro atoms. The SMILES string of the molecule is COC(=O)C[C@H]1C[C@H]2O[C@H]3CCC[C@@](OC=O)(O2)[C@@]13C. The fourth-order valence-corrected chi connectivity index (χ4v) is 4.18. The predicted molar refractivity (Wildman–Crippen MR) is 66.3 cm³/mol. The van der Waals surface area contributed by atoms with E-state index >= 15 is 0 Å². The Morgan fingerprint density at radius 2 is 2.30 bits per heavy atom. The summed E-state index contributed by atoms with van der Waals surface area (Å²) in [5, 5.41) is 0. The van der Waals surface area contributed by atoms with Crippen LogP contribution in [0.15, 0.2) is 0 Å². The zero-order valence-corrected chi connectivity index (χ0v) is 11.8. The number of ether oxygens (including phenoxy) is 4. The Hall–Kier alpha value is -1.14. The zero-order chi connectivity index (χ0) is 14.4. The lowest BCUT2D eigenvalue weighted by Gasteiger charge is -2.65. The molecule has 112 valence electrons. The van der Waals surface area contributed by atoms with Crippen molar-refractivity contribution in [3.05, 3.63) is 0 Å². The van der Waals surface area contributed by atoms with E-state index in [9.17, 15) is 9.59 Å². The molecule has 6 heteroatoms. The summed E-state index contributed by atoms with van der Waals surface area (Å²) in [5.41, 5.74) is -0.505. The Balaban J connectivity index is 1.95. The van der Waals surface area contributed by atoms with Crippen molar-refractivity contribution in [2.45, 2.75) is 57.2 Å². The van der Waals surface area contributed by atoms with Gasteiger partial charge in [0.25, 0.3) is 6.47 Å². The monoisotopic (exact) mass is 284 g/mol. The lowest BCUT2D eigenvalue weighted by atomic mass is 9.56. The van der Waals surface area contributed by atoms with E-state index < -0.39 is 17.5 Å². The second kappa shape index (κ2) is 4.70. The Morgan fingerprint density at radius 1 is 1.50 bits per heavy atom. The summed E-state index contributed by atoms with van der Waals surface area (Å²) in [6, 6.07) is 0. The van der Waals surface area contributed by atoms with Gasteiger partial charge in [0.05, 0.1) is 18.6 Å². The van der Waals surface area contributed by atoms with Gasteiger partial charge in [0, 0.05) is 19.3 Å². The molecular weight excluding hydrogens is 264 g/mol. The number of methoxy groups -OCH3 is 1. The number of carbonyl (C=O) groups is 2. The molecule has 5 atom stereocenters. The summed E-state index contributed by atoms with van der Waals surface area (Å²) in [4.78, 5) is 22.6. The Morgan fingerprint density at radius 3 is 3.00 bits per heavy atom. The molecule has 3 heterocycles. The second-order valence-corrected chi connectivity index (χ2v) is 6.03. The first-order valence-corrected chi connectivity index (χ1v) is 7.07. The van der Waals surface area contributed by atoms with E-state index in [0.717, 1.165) is 12.8 Å². The van der Waals surface area contributed by atoms with E-state index in [4.69, 9.17) is 18.9 Å². The summed E-state index contributed by atoms with van der Waals surface area (Å²) < 4.78 is 22.0. The standard InChI is InChI=1S/C14H20O6/c1-13-9(6-11(16)17-2)7-12-19-10(13)4-3-5-14(13,20-12)18-8-15/h8-10,12H,3-7H2,1-2H3/t9-,10-,12-,13-,14+/m0/s1. The van der Waals surface area contributed by atoms with Crippen molar-refractivity contribution in [1.82, 2.24) is 0 Å². The molecule has 4 aliphatic rings. The van der Waals surface area contributed by atoms with Gasteiger partial charge in [-0.3, -0.25) is 9.59 Å². The highest BCUT2D eigenvalue weighted by Gasteiger charge is 2.69. The molecule has 0 aromatic carbocycles. The molecule has 4 bridgehead atoms. The number of hydrogen-bond donors (Lipinski definition) is 0. The van der Waals surface area contributed by atoms with Gasteiger partial charge in [0.15, 0.2) is 6.29 Å². The molecule has 0 N–H and O–H groups in total. The fraction of sp³-hybridized carbons (Fsp3) is 0.857. The summed E-state index contributed by atoms with van der Waals surface area (Å²) in [5.74, 6) is -1.17. The van der Waals surface area contributed by atoms with E-state index in [1.807, 2.05) is 6.92 Å². The molecule has 0 aromatic heterocycles. The molecule has 4 fully saturated rings. The third-order valence-corrected chi connectivity index (χ3v) is 5.30. The first-order valence-electron chi connectivity index (χ1n) is 7.07. The fourth-order valence-electron chi connectivity index (χ4n) is 4.18. The van der Waals surface area contributed by atoms with Gasteiger partial charge in [-0.2, -0.15) is 0 Å². The van der Waals surface area contributed by atoms with Crippen LogP contribution in [0, 0.1) is 11.3 Å². The predicted octanol–water partition coefficient (Wildman–Crippen LogP) is 1.37. The highest BCUT2D eigenvalue weighted by atomic mass is 16.8. The van der Waals surface area contributed by atoms with Gasteiger partial charge in [-0.15, -0.1) is 0 Å². The molecule has 6 nitrogen and oxygen atoms in total. The van der Waals surface area contributed by atoms with Gasteiger partial charge in [0.2, 0.25) is 5.79 Å².